The summed E-state index contributed by atoms with van der Waals surface area (Å²) in [7, 11) is -4.75. The minimum atomic E-state index is -4.75. The van der Waals surface area contributed by atoms with Crippen LogP contribution in [-0.2, 0) is 28.2 Å². The molecule has 0 amide bonds. The van der Waals surface area contributed by atoms with E-state index in [0.717, 1.165) is 51.4 Å². The molecule has 0 saturated heterocycles. The Hall–Kier alpha value is -1.47. The summed E-state index contributed by atoms with van der Waals surface area (Å²) in [6.07, 6.45) is 47.5. The first-order chi connectivity index (χ1) is 26.3. The standard InChI is InChI=1S/C45H85O8P/c1-3-5-7-9-11-13-15-17-19-21-22-24-26-28-30-32-34-36-38-40-45(47)53-43(42-52-54(48,49)50)41-51-44(46)39-37-35-33-31-29-27-25-23-20-18-16-14-12-10-8-6-4-2/h11,13,17,19,43H,3-10,12,14-16,18,20-42H2,1-2H3,(H2,48,49,50)/b13-11-,19-17-. The smallest absolute Gasteiger partial charge is 0.462 e. The lowest BCUT2D eigenvalue weighted by molar-refractivity contribution is -0.161. The van der Waals surface area contributed by atoms with Gasteiger partial charge in [0.05, 0.1) is 6.61 Å². The second-order valence-corrected chi connectivity index (χ2v) is 16.6. The largest absolute Gasteiger partial charge is 0.469 e. The van der Waals surface area contributed by atoms with Crippen LogP contribution < -0.4 is 0 Å². The summed E-state index contributed by atoms with van der Waals surface area (Å²) in [5, 5.41) is 0. The molecule has 0 saturated carbocycles. The summed E-state index contributed by atoms with van der Waals surface area (Å²) >= 11 is 0. The number of esters is 2. The van der Waals surface area contributed by atoms with Gasteiger partial charge in [-0.1, -0.05) is 199 Å². The van der Waals surface area contributed by atoms with E-state index in [9.17, 15) is 14.2 Å². The Labute approximate surface area is 332 Å². The van der Waals surface area contributed by atoms with Crippen molar-refractivity contribution < 1.29 is 37.9 Å². The predicted octanol–water partition coefficient (Wildman–Crippen LogP) is 14.0. The van der Waals surface area contributed by atoms with Crippen molar-refractivity contribution in [1.29, 1.82) is 0 Å². The third kappa shape index (κ3) is 43.3. The van der Waals surface area contributed by atoms with Crippen molar-refractivity contribution in [3.63, 3.8) is 0 Å². The Bertz CT molecular complexity index is 931. The molecule has 0 bridgehead atoms. The second kappa shape index (κ2) is 41.2. The van der Waals surface area contributed by atoms with Crippen LogP contribution in [0.5, 0.6) is 0 Å². The van der Waals surface area contributed by atoms with Crippen LogP contribution in [0.15, 0.2) is 24.3 Å². The normalized spacial score (nSPS) is 12.6. The SMILES string of the molecule is CCCCC/C=C\C/C=C\CCCCCCCCCCCC(=O)OC(COC(=O)CCCCCCCCCCCCCCCCCCC)COP(=O)(O)O. The van der Waals surface area contributed by atoms with Crippen molar-refractivity contribution in [2.24, 2.45) is 0 Å². The zero-order valence-electron chi connectivity index (χ0n) is 35.1. The van der Waals surface area contributed by atoms with E-state index >= 15 is 0 Å². The Morgan fingerprint density at radius 3 is 1.26 bits per heavy atom. The van der Waals surface area contributed by atoms with Gasteiger partial charge in [-0.3, -0.25) is 14.1 Å². The fourth-order valence-electron chi connectivity index (χ4n) is 6.58. The molecule has 0 aliphatic rings. The third-order valence-electron chi connectivity index (χ3n) is 9.97. The van der Waals surface area contributed by atoms with Gasteiger partial charge >= 0.3 is 19.8 Å². The minimum Gasteiger partial charge on any atom is -0.462 e. The number of carbonyl (C=O) groups is 2. The summed E-state index contributed by atoms with van der Waals surface area (Å²) < 4.78 is 26.5. The Kier molecular flexibility index (Phi) is 40.1. The lowest BCUT2D eigenvalue weighted by Gasteiger charge is -2.18. The second-order valence-electron chi connectivity index (χ2n) is 15.4. The predicted molar refractivity (Wildman–Crippen MR) is 225 cm³/mol. The fourth-order valence-corrected chi connectivity index (χ4v) is 6.94. The molecule has 54 heavy (non-hydrogen) atoms. The monoisotopic (exact) mass is 785 g/mol. The van der Waals surface area contributed by atoms with E-state index in [1.54, 1.807) is 0 Å². The summed E-state index contributed by atoms with van der Waals surface area (Å²) in [6, 6.07) is 0. The Morgan fingerprint density at radius 1 is 0.481 bits per heavy atom. The van der Waals surface area contributed by atoms with Crippen LogP contribution in [0.2, 0.25) is 0 Å². The molecule has 2 N–H and O–H groups in total. The van der Waals surface area contributed by atoms with Crippen LogP contribution in [0.3, 0.4) is 0 Å². The van der Waals surface area contributed by atoms with Gasteiger partial charge in [0.1, 0.15) is 6.61 Å². The highest BCUT2D eigenvalue weighted by Crippen LogP contribution is 2.36. The van der Waals surface area contributed by atoms with Gasteiger partial charge in [0.2, 0.25) is 0 Å². The molecule has 0 radical (unpaired) electrons. The van der Waals surface area contributed by atoms with Crippen molar-refractivity contribution in [2.45, 2.75) is 238 Å². The van der Waals surface area contributed by atoms with Crippen LogP contribution in [-0.4, -0.2) is 41.0 Å². The zero-order valence-corrected chi connectivity index (χ0v) is 36.0. The highest BCUT2D eigenvalue weighted by Gasteiger charge is 2.23. The van der Waals surface area contributed by atoms with Gasteiger partial charge in [-0.25, -0.2) is 4.57 Å². The van der Waals surface area contributed by atoms with Gasteiger partial charge in [0, 0.05) is 12.8 Å². The molecule has 318 valence electrons. The van der Waals surface area contributed by atoms with Gasteiger partial charge in [-0.05, 0) is 44.9 Å². The zero-order chi connectivity index (χ0) is 39.6. The molecule has 0 aromatic heterocycles. The van der Waals surface area contributed by atoms with E-state index in [4.69, 9.17) is 19.3 Å². The van der Waals surface area contributed by atoms with Gasteiger partial charge < -0.3 is 19.3 Å². The molecule has 0 spiro atoms. The molecule has 0 aromatic rings. The molecule has 1 unspecified atom stereocenters. The lowest BCUT2D eigenvalue weighted by Crippen LogP contribution is -2.29. The number of phosphoric acid groups is 1. The molecule has 0 fully saturated rings. The summed E-state index contributed by atoms with van der Waals surface area (Å²) in [4.78, 5) is 42.9. The number of carbonyl (C=O) groups excluding carboxylic acids is 2. The average Bonchev–Trinajstić information content (AvgIpc) is 3.14. The van der Waals surface area contributed by atoms with Crippen molar-refractivity contribution in [3.8, 4) is 0 Å². The van der Waals surface area contributed by atoms with Crippen LogP contribution in [0, 0.1) is 0 Å². The number of unbranched alkanes of at least 4 members (excludes halogenated alkanes) is 28. The molecule has 8 nitrogen and oxygen atoms in total. The van der Waals surface area contributed by atoms with Gasteiger partial charge in [0.15, 0.2) is 6.10 Å². The average molecular weight is 785 g/mol. The molecule has 0 aliphatic carbocycles. The quantitative estimate of drug-likeness (QED) is 0.0272. The summed E-state index contributed by atoms with van der Waals surface area (Å²) in [6.45, 7) is 3.69. The van der Waals surface area contributed by atoms with Crippen molar-refractivity contribution in [3.05, 3.63) is 24.3 Å². The molecular weight excluding hydrogens is 699 g/mol. The fraction of sp³-hybridized carbons (Fsp3) is 0.867. The molecular formula is C45H85O8P. The van der Waals surface area contributed by atoms with Crippen molar-refractivity contribution in [2.75, 3.05) is 13.2 Å². The molecule has 1 atom stereocenters. The maximum Gasteiger partial charge on any atom is 0.469 e. The molecule has 0 rings (SSSR count). The topological polar surface area (TPSA) is 119 Å². The van der Waals surface area contributed by atoms with E-state index in [2.05, 4.69) is 42.7 Å². The first-order valence-corrected chi connectivity index (χ1v) is 24.2. The first-order valence-electron chi connectivity index (χ1n) is 22.6. The summed E-state index contributed by atoms with van der Waals surface area (Å²) in [5.74, 6) is -0.878. The van der Waals surface area contributed by atoms with Crippen molar-refractivity contribution >= 4 is 19.8 Å². The molecule has 0 aliphatic heterocycles. The molecule has 9 heteroatoms. The van der Waals surface area contributed by atoms with Gasteiger partial charge in [-0.15, -0.1) is 0 Å². The third-order valence-corrected chi connectivity index (χ3v) is 10.5. The van der Waals surface area contributed by atoms with Crippen LogP contribution in [0.4, 0.5) is 0 Å². The number of phosphoric ester groups is 1. The number of hydrogen-bond acceptors (Lipinski definition) is 6. The van der Waals surface area contributed by atoms with Crippen LogP contribution >= 0.6 is 7.82 Å². The Balaban J connectivity index is 3.86. The Morgan fingerprint density at radius 2 is 0.833 bits per heavy atom. The first kappa shape index (κ1) is 52.5. The highest BCUT2D eigenvalue weighted by atomic mass is 31.2. The van der Waals surface area contributed by atoms with E-state index in [1.807, 2.05) is 0 Å². The van der Waals surface area contributed by atoms with Gasteiger partial charge in [0.25, 0.3) is 0 Å². The van der Waals surface area contributed by atoms with E-state index in [1.165, 1.54) is 148 Å². The number of rotatable bonds is 42. The molecule has 0 heterocycles. The van der Waals surface area contributed by atoms with Crippen molar-refractivity contribution in [1.82, 2.24) is 0 Å². The molecule has 0 aromatic carbocycles. The summed E-state index contributed by atoms with van der Waals surface area (Å²) in [5.41, 5.74) is 0. The van der Waals surface area contributed by atoms with E-state index < -0.39 is 32.5 Å². The van der Waals surface area contributed by atoms with E-state index in [-0.39, 0.29) is 19.4 Å². The van der Waals surface area contributed by atoms with Crippen LogP contribution in [0.1, 0.15) is 232 Å². The number of hydrogen-bond donors (Lipinski definition) is 2. The lowest BCUT2D eigenvalue weighted by atomic mass is 10.0. The van der Waals surface area contributed by atoms with Gasteiger partial charge in [-0.2, -0.15) is 0 Å². The minimum absolute atomic E-state index is 0.210. The highest BCUT2D eigenvalue weighted by molar-refractivity contribution is 7.46. The number of ether oxygens (including phenoxy) is 2. The maximum absolute atomic E-state index is 12.4. The van der Waals surface area contributed by atoms with E-state index in [0.29, 0.717) is 6.42 Å². The van der Waals surface area contributed by atoms with Crippen LogP contribution in [0.25, 0.3) is 0 Å². The number of allylic oxidation sites excluding steroid dienone is 4. The maximum atomic E-state index is 12.4.